The lowest BCUT2D eigenvalue weighted by Gasteiger charge is -2.34. The summed E-state index contributed by atoms with van der Waals surface area (Å²) in [5, 5.41) is 0. The van der Waals surface area contributed by atoms with Gasteiger partial charge in [0.15, 0.2) is 5.78 Å². The lowest BCUT2D eigenvalue weighted by molar-refractivity contribution is 0.0852. The van der Waals surface area contributed by atoms with Gasteiger partial charge in [-0.25, -0.2) is 0 Å². The molecular formula is C16H24N2O2. The lowest BCUT2D eigenvalue weighted by Crippen LogP contribution is -2.47. The van der Waals surface area contributed by atoms with E-state index in [1.54, 1.807) is 7.11 Å². The van der Waals surface area contributed by atoms with E-state index in [0.717, 1.165) is 44.0 Å². The van der Waals surface area contributed by atoms with Crippen molar-refractivity contribution in [3.05, 3.63) is 29.8 Å². The highest BCUT2D eigenvalue weighted by molar-refractivity contribution is 5.97. The van der Waals surface area contributed by atoms with Crippen LogP contribution in [0, 0.1) is 0 Å². The molecule has 0 saturated carbocycles. The predicted octanol–water partition coefficient (Wildman–Crippen LogP) is 1.91. The highest BCUT2D eigenvalue weighted by Gasteiger charge is 2.19. The molecule has 110 valence electrons. The quantitative estimate of drug-likeness (QED) is 0.743. The Kier molecular flexibility index (Phi) is 5.56. The summed E-state index contributed by atoms with van der Waals surface area (Å²) in [5.74, 6) is 0.913. The van der Waals surface area contributed by atoms with Crippen molar-refractivity contribution in [3.63, 3.8) is 0 Å². The van der Waals surface area contributed by atoms with Gasteiger partial charge in [-0.05, 0) is 25.1 Å². The maximum absolute atomic E-state index is 12.3. The van der Waals surface area contributed by atoms with Crippen LogP contribution in [0.25, 0.3) is 0 Å². The van der Waals surface area contributed by atoms with Gasteiger partial charge in [0.25, 0.3) is 0 Å². The van der Waals surface area contributed by atoms with Crippen molar-refractivity contribution >= 4 is 5.78 Å². The number of Topliss-reactive ketones (excluding diaryl/α,β-unsaturated/α-hetero) is 1. The van der Waals surface area contributed by atoms with E-state index < -0.39 is 0 Å². The van der Waals surface area contributed by atoms with Crippen LogP contribution in [0.3, 0.4) is 0 Å². The van der Waals surface area contributed by atoms with Gasteiger partial charge in [-0.15, -0.1) is 0 Å². The van der Waals surface area contributed by atoms with Crippen LogP contribution in [0.5, 0.6) is 5.75 Å². The molecule has 0 aromatic heterocycles. The molecule has 2 rings (SSSR count). The summed E-state index contributed by atoms with van der Waals surface area (Å²) in [4.78, 5) is 17.0. The average Bonchev–Trinajstić information content (AvgIpc) is 2.49. The van der Waals surface area contributed by atoms with E-state index in [0.29, 0.717) is 6.54 Å². The summed E-state index contributed by atoms with van der Waals surface area (Å²) in [6.07, 6.45) is 1.20. The Hall–Kier alpha value is -1.39. The molecule has 1 aliphatic heterocycles. The summed E-state index contributed by atoms with van der Waals surface area (Å²) in [5.41, 5.74) is 0.736. The SMILES string of the molecule is CCCN1CCN(CC(=O)c2cccc(OC)c2)CC1. The molecule has 1 heterocycles. The molecule has 0 unspecified atom stereocenters. The van der Waals surface area contributed by atoms with Gasteiger partial charge in [0, 0.05) is 31.7 Å². The van der Waals surface area contributed by atoms with E-state index in [9.17, 15) is 4.79 Å². The summed E-state index contributed by atoms with van der Waals surface area (Å²) >= 11 is 0. The summed E-state index contributed by atoms with van der Waals surface area (Å²) in [6.45, 7) is 7.98. The van der Waals surface area contributed by atoms with E-state index in [4.69, 9.17) is 4.74 Å². The minimum absolute atomic E-state index is 0.174. The van der Waals surface area contributed by atoms with Gasteiger partial charge in [0.1, 0.15) is 5.75 Å². The second kappa shape index (κ2) is 7.41. The monoisotopic (exact) mass is 276 g/mol. The second-order valence-electron chi connectivity index (χ2n) is 5.27. The molecule has 1 fully saturated rings. The Labute approximate surface area is 121 Å². The number of ether oxygens (including phenoxy) is 1. The average molecular weight is 276 g/mol. The van der Waals surface area contributed by atoms with E-state index in [-0.39, 0.29) is 5.78 Å². The Bertz CT molecular complexity index is 440. The molecule has 1 aromatic carbocycles. The Balaban J connectivity index is 1.86. The Morgan fingerprint density at radius 2 is 1.90 bits per heavy atom. The number of rotatable bonds is 6. The van der Waals surface area contributed by atoms with E-state index in [1.807, 2.05) is 24.3 Å². The number of methoxy groups -OCH3 is 1. The summed E-state index contributed by atoms with van der Waals surface area (Å²) in [7, 11) is 1.62. The van der Waals surface area contributed by atoms with Crippen LogP contribution in [-0.2, 0) is 0 Å². The van der Waals surface area contributed by atoms with Crippen molar-refractivity contribution in [1.29, 1.82) is 0 Å². The molecule has 0 spiro atoms. The van der Waals surface area contributed by atoms with Crippen LogP contribution in [-0.4, -0.2) is 62.0 Å². The van der Waals surface area contributed by atoms with Crippen LogP contribution in [0.2, 0.25) is 0 Å². The molecule has 0 radical (unpaired) electrons. The first-order valence-corrected chi connectivity index (χ1v) is 7.35. The van der Waals surface area contributed by atoms with Gasteiger partial charge in [0.2, 0.25) is 0 Å². The molecule has 0 N–H and O–H groups in total. The fraction of sp³-hybridized carbons (Fsp3) is 0.562. The zero-order valence-corrected chi connectivity index (χ0v) is 12.5. The number of hydrogen-bond donors (Lipinski definition) is 0. The third kappa shape index (κ3) is 4.05. The molecule has 20 heavy (non-hydrogen) atoms. The van der Waals surface area contributed by atoms with Crippen LogP contribution < -0.4 is 4.74 Å². The minimum Gasteiger partial charge on any atom is -0.497 e. The third-order valence-electron chi connectivity index (χ3n) is 3.76. The van der Waals surface area contributed by atoms with Gasteiger partial charge in [0.05, 0.1) is 13.7 Å². The molecule has 0 bridgehead atoms. The number of benzene rings is 1. The molecular weight excluding hydrogens is 252 g/mol. The Morgan fingerprint density at radius 3 is 2.55 bits per heavy atom. The summed E-state index contributed by atoms with van der Waals surface area (Å²) in [6, 6.07) is 7.40. The lowest BCUT2D eigenvalue weighted by atomic mass is 10.1. The second-order valence-corrected chi connectivity index (χ2v) is 5.27. The first-order valence-electron chi connectivity index (χ1n) is 7.35. The van der Waals surface area contributed by atoms with Crippen molar-refractivity contribution in [2.75, 3.05) is 46.4 Å². The molecule has 1 saturated heterocycles. The highest BCUT2D eigenvalue weighted by atomic mass is 16.5. The van der Waals surface area contributed by atoms with E-state index in [2.05, 4.69) is 16.7 Å². The first-order chi connectivity index (χ1) is 9.72. The van der Waals surface area contributed by atoms with Gasteiger partial charge in [-0.2, -0.15) is 0 Å². The van der Waals surface area contributed by atoms with Crippen molar-refractivity contribution in [3.8, 4) is 5.75 Å². The maximum Gasteiger partial charge on any atom is 0.176 e. The van der Waals surface area contributed by atoms with Crippen molar-refractivity contribution in [2.24, 2.45) is 0 Å². The molecule has 4 nitrogen and oxygen atoms in total. The number of piperazine rings is 1. The van der Waals surface area contributed by atoms with Crippen LogP contribution in [0.15, 0.2) is 24.3 Å². The molecule has 0 amide bonds. The minimum atomic E-state index is 0.174. The van der Waals surface area contributed by atoms with Gasteiger partial charge in [-0.1, -0.05) is 19.1 Å². The van der Waals surface area contributed by atoms with Crippen LogP contribution in [0.1, 0.15) is 23.7 Å². The fourth-order valence-corrected chi connectivity index (χ4v) is 2.58. The van der Waals surface area contributed by atoms with Crippen molar-refractivity contribution < 1.29 is 9.53 Å². The van der Waals surface area contributed by atoms with Crippen LogP contribution in [0.4, 0.5) is 0 Å². The van der Waals surface area contributed by atoms with Gasteiger partial charge < -0.3 is 9.64 Å². The third-order valence-corrected chi connectivity index (χ3v) is 3.76. The molecule has 0 aliphatic carbocycles. The smallest absolute Gasteiger partial charge is 0.176 e. The van der Waals surface area contributed by atoms with E-state index >= 15 is 0 Å². The zero-order chi connectivity index (χ0) is 14.4. The van der Waals surface area contributed by atoms with Crippen LogP contribution >= 0.6 is 0 Å². The number of ketones is 1. The van der Waals surface area contributed by atoms with Crippen molar-refractivity contribution in [2.45, 2.75) is 13.3 Å². The Morgan fingerprint density at radius 1 is 1.20 bits per heavy atom. The van der Waals surface area contributed by atoms with Gasteiger partial charge >= 0.3 is 0 Å². The first kappa shape index (κ1) is 15.0. The maximum atomic E-state index is 12.3. The standard InChI is InChI=1S/C16H24N2O2/c1-3-7-17-8-10-18(11-9-17)13-16(19)14-5-4-6-15(12-14)20-2/h4-6,12H,3,7-11,13H2,1-2H3. The normalized spacial score (nSPS) is 17.1. The summed E-state index contributed by atoms with van der Waals surface area (Å²) < 4.78 is 5.16. The predicted molar refractivity (Wildman–Crippen MR) is 80.5 cm³/mol. The number of carbonyl (C=O) groups is 1. The van der Waals surface area contributed by atoms with E-state index in [1.165, 1.54) is 6.42 Å². The number of hydrogen-bond acceptors (Lipinski definition) is 4. The molecule has 4 heteroatoms. The number of nitrogens with zero attached hydrogens (tertiary/aromatic N) is 2. The largest absolute Gasteiger partial charge is 0.497 e. The molecule has 1 aromatic rings. The topological polar surface area (TPSA) is 32.8 Å². The van der Waals surface area contributed by atoms with Gasteiger partial charge in [-0.3, -0.25) is 9.69 Å². The fourth-order valence-electron chi connectivity index (χ4n) is 2.58. The zero-order valence-electron chi connectivity index (χ0n) is 12.5. The number of carbonyl (C=O) groups excluding carboxylic acids is 1. The molecule has 0 atom stereocenters. The van der Waals surface area contributed by atoms with Crippen molar-refractivity contribution in [1.82, 2.24) is 9.80 Å². The highest BCUT2D eigenvalue weighted by Crippen LogP contribution is 2.14. The molecule has 1 aliphatic rings.